The standard InChI is InChI=1S/C18H22N6S/c1-12-8-19-18(21-12)16-7-15(22-13(2)23-16)17-5-3-4-6-24(17)9-14-10-25-11-20-14/h7-8,10-11,17H,3-6,9H2,1-2H3,(H,19,21)/t17-/m0/s1. The minimum Gasteiger partial charge on any atom is -0.341 e. The molecule has 1 N–H and O–H groups in total. The summed E-state index contributed by atoms with van der Waals surface area (Å²) in [6.45, 7) is 5.92. The number of likely N-dealkylation sites (tertiary alicyclic amines) is 1. The van der Waals surface area contributed by atoms with E-state index < -0.39 is 0 Å². The zero-order valence-corrected chi connectivity index (χ0v) is 15.4. The van der Waals surface area contributed by atoms with Crippen molar-refractivity contribution in [2.75, 3.05) is 6.54 Å². The van der Waals surface area contributed by atoms with E-state index in [1.165, 1.54) is 12.8 Å². The number of nitrogens with one attached hydrogen (secondary N) is 1. The summed E-state index contributed by atoms with van der Waals surface area (Å²) in [6.07, 6.45) is 5.42. The first-order valence-electron chi connectivity index (χ1n) is 8.68. The molecule has 0 aromatic carbocycles. The van der Waals surface area contributed by atoms with Crippen LogP contribution in [0.3, 0.4) is 0 Å². The first-order chi connectivity index (χ1) is 12.2. The van der Waals surface area contributed by atoms with Crippen molar-refractivity contribution in [1.29, 1.82) is 0 Å². The van der Waals surface area contributed by atoms with Gasteiger partial charge in [0.2, 0.25) is 0 Å². The molecule has 25 heavy (non-hydrogen) atoms. The van der Waals surface area contributed by atoms with Crippen molar-refractivity contribution in [1.82, 2.24) is 29.8 Å². The Bertz CT molecular complexity index is 841. The maximum Gasteiger partial charge on any atom is 0.156 e. The van der Waals surface area contributed by atoms with E-state index in [-0.39, 0.29) is 0 Å². The molecule has 0 unspecified atom stereocenters. The topological polar surface area (TPSA) is 70.6 Å². The minimum absolute atomic E-state index is 0.312. The second-order valence-corrected chi connectivity index (χ2v) is 7.32. The molecule has 3 aromatic heterocycles. The molecule has 0 aliphatic carbocycles. The molecule has 0 bridgehead atoms. The van der Waals surface area contributed by atoms with Crippen LogP contribution in [0.15, 0.2) is 23.2 Å². The van der Waals surface area contributed by atoms with E-state index in [4.69, 9.17) is 4.98 Å². The van der Waals surface area contributed by atoms with Gasteiger partial charge in [0.25, 0.3) is 0 Å². The Balaban J connectivity index is 1.65. The number of aryl methyl sites for hydroxylation is 2. The molecule has 130 valence electrons. The molecule has 4 rings (SSSR count). The van der Waals surface area contributed by atoms with Gasteiger partial charge in [0.1, 0.15) is 11.5 Å². The predicted molar refractivity (Wildman–Crippen MR) is 98.2 cm³/mol. The van der Waals surface area contributed by atoms with Crippen molar-refractivity contribution in [2.24, 2.45) is 0 Å². The number of rotatable bonds is 4. The third-order valence-corrected chi connectivity index (χ3v) is 5.24. The third kappa shape index (κ3) is 3.62. The lowest BCUT2D eigenvalue weighted by Crippen LogP contribution is -2.33. The number of imidazole rings is 1. The highest BCUT2D eigenvalue weighted by Gasteiger charge is 2.26. The van der Waals surface area contributed by atoms with Crippen LogP contribution in [0.2, 0.25) is 0 Å². The summed E-state index contributed by atoms with van der Waals surface area (Å²) in [6, 6.07) is 2.40. The Morgan fingerprint density at radius 3 is 2.92 bits per heavy atom. The van der Waals surface area contributed by atoms with Gasteiger partial charge in [0.15, 0.2) is 5.82 Å². The van der Waals surface area contributed by atoms with Crippen molar-refractivity contribution < 1.29 is 0 Å². The average molecular weight is 354 g/mol. The number of aromatic amines is 1. The summed E-state index contributed by atoms with van der Waals surface area (Å²) in [4.78, 5) is 24.0. The van der Waals surface area contributed by atoms with E-state index in [2.05, 4.69) is 36.3 Å². The van der Waals surface area contributed by atoms with Gasteiger partial charge in [-0.3, -0.25) is 4.90 Å². The molecule has 1 aliphatic rings. The minimum atomic E-state index is 0.312. The summed E-state index contributed by atoms with van der Waals surface area (Å²) in [5.41, 5.74) is 6.04. The van der Waals surface area contributed by atoms with Crippen LogP contribution in [-0.4, -0.2) is 36.4 Å². The summed E-state index contributed by atoms with van der Waals surface area (Å²) in [7, 11) is 0. The number of hydrogen-bond acceptors (Lipinski definition) is 6. The van der Waals surface area contributed by atoms with Crippen LogP contribution in [0, 0.1) is 13.8 Å². The Morgan fingerprint density at radius 1 is 1.24 bits per heavy atom. The molecule has 4 heterocycles. The molecule has 0 amide bonds. The van der Waals surface area contributed by atoms with Crippen LogP contribution in [0.1, 0.15) is 48.2 Å². The van der Waals surface area contributed by atoms with E-state index in [9.17, 15) is 0 Å². The molecule has 0 saturated carbocycles. The maximum atomic E-state index is 4.76. The molecule has 0 radical (unpaired) electrons. The van der Waals surface area contributed by atoms with Gasteiger partial charge in [-0.2, -0.15) is 0 Å². The number of piperidine rings is 1. The third-order valence-electron chi connectivity index (χ3n) is 4.61. The van der Waals surface area contributed by atoms with Gasteiger partial charge in [-0.25, -0.2) is 19.9 Å². The van der Waals surface area contributed by atoms with Crippen molar-refractivity contribution in [3.05, 3.63) is 46.1 Å². The smallest absolute Gasteiger partial charge is 0.156 e. The highest BCUT2D eigenvalue weighted by Crippen LogP contribution is 2.32. The van der Waals surface area contributed by atoms with Gasteiger partial charge < -0.3 is 4.98 Å². The van der Waals surface area contributed by atoms with E-state index >= 15 is 0 Å². The quantitative estimate of drug-likeness (QED) is 0.774. The molecule has 0 spiro atoms. The molecular weight excluding hydrogens is 332 g/mol. The fraction of sp³-hybridized carbons (Fsp3) is 0.444. The zero-order valence-electron chi connectivity index (χ0n) is 14.6. The van der Waals surface area contributed by atoms with Gasteiger partial charge in [-0.05, 0) is 39.3 Å². The first kappa shape index (κ1) is 16.4. The van der Waals surface area contributed by atoms with Crippen LogP contribution < -0.4 is 0 Å². The lowest BCUT2D eigenvalue weighted by molar-refractivity contribution is 0.135. The summed E-state index contributed by atoms with van der Waals surface area (Å²) in [5.74, 6) is 1.60. The molecule has 7 heteroatoms. The highest BCUT2D eigenvalue weighted by atomic mass is 32.1. The van der Waals surface area contributed by atoms with E-state index in [0.29, 0.717) is 6.04 Å². The second kappa shape index (κ2) is 7.01. The number of nitrogens with zero attached hydrogens (tertiary/aromatic N) is 5. The van der Waals surface area contributed by atoms with Crippen molar-refractivity contribution in [3.8, 4) is 11.5 Å². The van der Waals surface area contributed by atoms with Gasteiger partial charge >= 0.3 is 0 Å². The SMILES string of the molecule is Cc1nc(-c2ncc(C)[nH]2)cc([C@@H]2CCCCN2Cc2cscn2)n1. The monoisotopic (exact) mass is 354 g/mol. The van der Waals surface area contributed by atoms with Crippen LogP contribution in [0.5, 0.6) is 0 Å². The molecule has 6 nitrogen and oxygen atoms in total. The maximum absolute atomic E-state index is 4.76. The molecule has 1 fully saturated rings. The van der Waals surface area contributed by atoms with Crippen molar-refractivity contribution in [2.45, 2.75) is 45.7 Å². The summed E-state index contributed by atoms with van der Waals surface area (Å²) < 4.78 is 0. The van der Waals surface area contributed by atoms with Gasteiger partial charge in [0.05, 0.1) is 22.9 Å². The van der Waals surface area contributed by atoms with Gasteiger partial charge in [-0.1, -0.05) is 6.42 Å². The number of thiazole rings is 1. The lowest BCUT2D eigenvalue weighted by Gasteiger charge is -2.35. The molecule has 1 aliphatic heterocycles. The average Bonchev–Trinajstić information content (AvgIpc) is 3.26. The van der Waals surface area contributed by atoms with Crippen molar-refractivity contribution >= 4 is 11.3 Å². The first-order valence-corrected chi connectivity index (χ1v) is 9.62. The fourth-order valence-corrected chi connectivity index (χ4v) is 4.01. The van der Waals surface area contributed by atoms with Crippen LogP contribution >= 0.6 is 11.3 Å². The van der Waals surface area contributed by atoms with Gasteiger partial charge in [-0.15, -0.1) is 11.3 Å². The van der Waals surface area contributed by atoms with Crippen LogP contribution in [0.25, 0.3) is 11.5 Å². The number of H-pyrrole nitrogens is 1. The normalized spacial score (nSPS) is 18.6. The molecule has 3 aromatic rings. The Kier molecular flexibility index (Phi) is 4.59. The fourth-order valence-electron chi connectivity index (χ4n) is 3.46. The molecular formula is C18H22N6S. The van der Waals surface area contributed by atoms with Crippen LogP contribution in [-0.2, 0) is 6.54 Å². The second-order valence-electron chi connectivity index (χ2n) is 6.60. The largest absolute Gasteiger partial charge is 0.341 e. The molecule has 1 atom stereocenters. The zero-order chi connectivity index (χ0) is 17.2. The Labute approximate surface area is 151 Å². The summed E-state index contributed by atoms with van der Waals surface area (Å²) in [5, 5.41) is 2.13. The summed E-state index contributed by atoms with van der Waals surface area (Å²) >= 11 is 1.65. The Morgan fingerprint density at radius 2 is 2.16 bits per heavy atom. The van der Waals surface area contributed by atoms with E-state index in [1.54, 1.807) is 11.3 Å². The van der Waals surface area contributed by atoms with E-state index in [0.717, 1.165) is 53.9 Å². The predicted octanol–water partition coefficient (Wildman–Crippen LogP) is 3.67. The number of aromatic nitrogens is 5. The van der Waals surface area contributed by atoms with E-state index in [1.807, 2.05) is 25.6 Å². The lowest BCUT2D eigenvalue weighted by atomic mass is 9.98. The Hall–Kier alpha value is -2.12. The highest BCUT2D eigenvalue weighted by molar-refractivity contribution is 7.07. The van der Waals surface area contributed by atoms with Crippen molar-refractivity contribution in [3.63, 3.8) is 0 Å². The molecule has 1 saturated heterocycles. The van der Waals surface area contributed by atoms with Crippen LogP contribution in [0.4, 0.5) is 0 Å². The number of hydrogen-bond donors (Lipinski definition) is 1. The van der Waals surface area contributed by atoms with Gasteiger partial charge in [0, 0.05) is 23.8 Å².